The number of rotatable bonds is 5. The molecule has 3 aliphatic rings. The molecule has 1 amide bonds. The normalized spacial score (nSPS) is 28.4. The zero-order valence-corrected chi connectivity index (χ0v) is 17.7. The monoisotopic (exact) mass is 451 g/mol. The van der Waals surface area contributed by atoms with Crippen LogP contribution in [0.4, 0.5) is 14.9 Å². The van der Waals surface area contributed by atoms with Crippen LogP contribution in [0.5, 0.6) is 0 Å². The van der Waals surface area contributed by atoms with Crippen LogP contribution in [0.1, 0.15) is 4.88 Å². The summed E-state index contributed by atoms with van der Waals surface area (Å²) in [7, 11) is 0. The van der Waals surface area contributed by atoms with Gasteiger partial charge in [-0.15, -0.1) is 16.4 Å². The topological polar surface area (TPSA) is 73.8 Å². The quantitative estimate of drug-likeness (QED) is 0.555. The van der Waals surface area contributed by atoms with Gasteiger partial charge in [0.15, 0.2) is 0 Å². The zero-order valence-electron chi connectivity index (χ0n) is 16.8. The molecule has 2 aliphatic heterocycles. The maximum absolute atomic E-state index is 15.1. The number of amides is 1. The number of carbonyl (C=O) groups excluding carboxylic acids is 1. The lowest BCUT2D eigenvalue weighted by molar-refractivity contribution is 0.129. The van der Waals surface area contributed by atoms with Gasteiger partial charge in [0, 0.05) is 11.8 Å². The minimum atomic E-state index is -0.512. The summed E-state index contributed by atoms with van der Waals surface area (Å²) in [4.78, 5) is 18.7. The number of carbonyl (C=O) groups is 1. The molecular formula is C22H18FN5O3S. The third-order valence-electron chi connectivity index (χ3n) is 6.59. The molecular weight excluding hydrogens is 433 g/mol. The third kappa shape index (κ3) is 2.85. The Balaban J connectivity index is 1.21. The Labute approximate surface area is 187 Å². The van der Waals surface area contributed by atoms with Crippen molar-refractivity contribution in [3.8, 4) is 11.1 Å². The smallest absolute Gasteiger partial charge is 0.414 e. The summed E-state index contributed by atoms with van der Waals surface area (Å²) in [6.45, 7) is 9.65. The van der Waals surface area contributed by atoms with E-state index in [-0.39, 0.29) is 11.8 Å². The Kier molecular flexibility index (Phi) is 4.31. The molecule has 2 aromatic heterocycles. The van der Waals surface area contributed by atoms with Gasteiger partial charge in [0.05, 0.1) is 54.9 Å². The van der Waals surface area contributed by atoms with Crippen molar-refractivity contribution in [3.63, 3.8) is 0 Å². The molecule has 0 N–H and O–H groups in total. The minimum absolute atomic E-state index is 0.241. The second-order valence-electron chi connectivity index (χ2n) is 8.29. The number of thiophene rings is 1. The van der Waals surface area contributed by atoms with Gasteiger partial charge in [-0.25, -0.2) is 20.4 Å². The number of hydrogen-bond donors (Lipinski definition) is 0. The first-order valence-corrected chi connectivity index (χ1v) is 11.2. The molecule has 4 atom stereocenters. The van der Waals surface area contributed by atoms with Gasteiger partial charge < -0.3 is 14.3 Å². The highest BCUT2D eigenvalue weighted by Gasteiger charge is 2.76. The molecule has 6 rings (SSSR count). The number of aromatic nitrogens is 3. The molecule has 0 spiro atoms. The molecule has 1 saturated carbocycles. The largest absolute Gasteiger partial charge is 0.442 e. The fourth-order valence-electron chi connectivity index (χ4n) is 4.88. The lowest BCUT2D eigenvalue weighted by Gasteiger charge is -2.14. The van der Waals surface area contributed by atoms with E-state index in [2.05, 4.69) is 15.2 Å². The minimum Gasteiger partial charge on any atom is -0.442 e. The molecule has 1 aromatic carbocycles. The summed E-state index contributed by atoms with van der Waals surface area (Å²) in [5, 5.41) is 9.52. The van der Waals surface area contributed by atoms with E-state index in [0.29, 0.717) is 37.6 Å². The van der Waals surface area contributed by atoms with Crippen LogP contribution >= 0.6 is 11.3 Å². The Morgan fingerprint density at radius 1 is 1.31 bits per heavy atom. The van der Waals surface area contributed by atoms with Gasteiger partial charge in [0.2, 0.25) is 0 Å². The summed E-state index contributed by atoms with van der Waals surface area (Å²) in [5.74, 6) is 0.0614. The Morgan fingerprint density at radius 3 is 2.88 bits per heavy atom. The maximum Gasteiger partial charge on any atom is 0.414 e. The van der Waals surface area contributed by atoms with Crippen molar-refractivity contribution >= 4 is 23.1 Å². The van der Waals surface area contributed by atoms with Gasteiger partial charge in [0.25, 0.3) is 5.54 Å². The van der Waals surface area contributed by atoms with Crippen LogP contribution in [-0.2, 0) is 21.6 Å². The highest BCUT2D eigenvalue weighted by molar-refractivity contribution is 7.10. The van der Waals surface area contributed by atoms with Crippen LogP contribution in [0.3, 0.4) is 0 Å². The molecule has 3 fully saturated rings. The molecule has 3 aromatic rings. The van der Waals surface area contributed by atoms with Crippen LogP contribution in [0.15, 0.2) is 42.0 Å². The summed E-state index contributed by atoms with van der Waals surface area (Å²) in [6.07, 6.45) is 2.35. The first-order chi connectivity index (χ1) is 15.6. The molecule has 1 aliphatic carbocycles. The lowest BCUT2D eigenvalue weighted by Crippen LogP contribution is -2.26. The summed E-state index contributed by atoms with van der Waals surface area (Å²) in [5.41, 5.74) is 1.14. The standard InChI is InChI=1S/C22H18FN5O3S/c1-24-22(17-10-30-11-18(17)22)20-6-13(12-32-20)16-3-2-14(7-19(16)23)28-9-15(31-21(28)29)8-27-5-4-25-26-27/h2-7,12,15,17-18H,8-11H2/t15-,17-,18+,22?/m0/s1. The van der Waals surface area contributed by atoms with Crippen molar-refractivity contribution in [2.24, 2.45) is 11.8 Å². The van der Waals surface area contributed by atoms with Crippen molar-refractivity contribution in [1.82, 2.24) is 15.0 Å². The Morgan fingerprint density at radius 2 is 2.16 bits per heavy atom. The highest BCUT2D eigenvalue weighted by atomic mass is 32.1. The molecule has 8 nitrogen and oxygen atoms in total. The maximum atomic E-state index is 15.1. The average Bonchev–Trinajstić information content (AvgIpc) is 3.45. The van der Waals surface area contributed by atoms with Gasteiger partial charge in [-0.2, -0.15) is 0 Å². The number of nitrogens with zero attached hydrogens (tertiary/aromatic N) is 5. The Hall–Kier alpha value is -3.29. The lowest BCUT2D eigenvalue weighted by atomic mass is 10.0. The van der Waals surface area contributed by atoms with Crippen LogP contribution in [0.2, 0.25) is 0 Å². The predicted octanol–water partition coefficient (Wildman–Crippen LogP) is 3.56. The molecule has 32 heavy (non-hydrogen) atoms. The fraction of sp³-hybridized carbons (Fsp3) is 0.364. The summed E-state index contributed by atoms with van der Waals surface area (Å²) < 4.78 is 27.5. The van der Waals surface area contributed by atoms with Crippen LogP contribution in [0, 0.1) is 24.2 Å². The van der Waals surface area contributed by atoms with Crippen molar-refractivity contribution in [2.45, 2.75) is 18.2 Å². The Bertz CT molecular complexity index is 1230. The molecule has 0 radical (unpaired) electrons. The van der Waals surface area contributed by atoms with E-state index in [1.807, 2.05) is 11.4 Å². The predicted molar refractivity (Wildman–Crippen MR) is 113 cm³/mol. The van der Waals surface area contributed by atoms with E-state index >= 15 is 4.39 Å². The van der Waals surface area contributed by atoms with Gasteiger partial charge in [-0.1, -0.05) is 5.21 Å². The van der Waals surface area contributed by atoms with Crippen molar-refractivity contribution in [3.05, 3.63) is 64.2 Å². The van der Waals surface area contributed by atoms with E-state index in [1.54, 1.807) is 29.2 Å². The van der Waals surface area contributed by atoms with Crippen molar-refractivity contribution in [2.75, 3.05) is 24.7 Å². The van der Waals surface area contributed by atoms with Gasteiger partial charge in [-0.3, -0.25) is 4.90 Å². The van der Waals surface area contributed by atoms with E-state index in [9.17, 15) is 4.79 Å². The van der Waals surface area contributed by atoms with Gasteiger partial charge >= 0.3 is 6.09 Å². The van der Waals surface area contributed by atoms with Crippen LogP contribution < -0.4 is 4.90 Å². The van der Waals surface area contributed by atoms with E-state index in [1.165, 1.54) is 22.3 Å². The molecule has 4 heterocycles. The molecule has 2 saturated heterocycles. The van der Waals surface area contributed by atoms with Crippen LogP contribution in [0.25, 0.3) is 16.0 Å². The number of benzene rings is 1. The number of fused-ring (bicyclic) bond motifs is 1. The molecule has 1 unspecified atom stereocenters. The molecule has 10 heteroatoms. The highest BCUT2D eigenvalue weighted by Crippen LogP contribution is 2.65. The van der Waals surface area contributed by atoms with E-state index in [4.69, 9.17) is 16.0 Å². The van der Waals surface area contributed by atoms with E-state index < -0.39 is 23.6 Å². The van der Waals surface area contributed by atoms with E-state index in [0.717, 1.165) is 10.4 Å². The van der Waals surface area contributed by atoms with Gasteiger partial charge in [0.1, 0.15) is 11.9 Å². The zero-order chi connectivity index (χ0) is 21.9. The SMILES string of the molecule is [C-]#[N+]C1(c2cc(-c3ccc(N4C[C@H](Cn5ccnn5)OC4=O)cc3F)cs2)[C@@H]2COC[C@@H]21. The summed E-state index contributed by atoms with van der Waals surface area (Å²) >= 11 is 1.50. The number of anilines is 1. The number of ether oxygens (including phenoxy) is 2. The summed E-state index contributed by atoms with van der Waals surface area (Å²) in [6, 6.07) is 6.68. The first kappa shape index (κ1) is 19.4. The number of halogens is 1. The van der Waals surface area contributed by atoms with Gasteiger partial charge in [-0.05, 0) is 35.2 Å². The number of hydrogen-bond acceptors (Lipinski definition) is 6. The third-order valence-corrected chi connectivity index (χ3v) is 7.66. The molecule has 162 valence electrons. The fourth-order valence-corrected chi connectivity index (χ4v) is 6.06. The number of cyclic esters (lactones) is 1. The molecule has 0 bridgehead atoms. The second kappa shape index (κ2) is 7.12. The van der Waals surface area contributed by atoms with Crippen molar-refractivity contribution < 1.29 is 18.7 Å². The first-order valence-electron chi connectivity index (χ1n) is 10.3. The van der Waals surface area contributed by atoms with Crippen molar-refractivity contribution in [1.29, 1.82) is 0 Å². The average molecular weight is 451 g/mol. The van der Waals surface area contributed by atoms with Crippen LogP contribution in [-0.4, -0.2) is 46.9 Å². The second-order valence-corrected chi connectivity index (χ2v) is 9.20.